The van der Waals surface area contributed by atoms with E-state index in [-0.39, 0.29) is 24.8 Å². The minimum absolute atomic E-state index is 0.0248. The number of alkyl carbamates (subject to hydrolysis) is 1. The number of amides is 3. The van der Waals surface area contributed by atoms with E-state index in [1.165, 1.54) is 0 Å². The Morgan fingerprint density at radius 1 is 1.14 bits per heavy atom. The first-order valence-electron chi connectivity index (χ1n) is 9.93. The van der Waals surface area contributed by atoms with Gasteiger partial charge in [-0.1, -0.05) is 12.1 Å². The minimum Gasteiger partial charge on any atom is -0.444 e. The number of rotatable bonds is 6. The molecule has 1 aliphatic rings. The predicted molar refractivity (Wildman–Crippen MR) is 115 cm³/mol. The van der Waals surface area contributed by atoms with Gasteiger partial charge in [-0.25, -0.2) is 4.79 Å². The molecule has 0 atom stereocenters. The molecule has 1 saturated heterocycles. The van der Waals surface area contributed by atoms with Crippen molar-refractivity contribution in [2.45, 2.75) is 45.6 Å². The van der Waals surface area contributed by atoms with Crippen LogP contribution in [0, 0.1) is 5.92 Å². The van der Waals surface area contributed by atoms with Crippen molar-refractivity contribution in [2.24, 2.45) is 5.92 Å². The number of piperidine rings is 1. The van der Waals surface area contributed by atoms with E-state index in [0.717, 1.165) is 17.3 Å². The molecule has 0 aliphatic carbocycles. The molecule has 1 aromatic carbocycles. The van der Waals surface area contributed by atoms with E-state index in [1.54, 1.807) is 26.8 Å². The summed E-state index contributed by atoms with van der Waals surface area (Å²) < 4.78 is 5.93. The fourth-order valence-electron chi connectivity index (χ4n) is 3.11. The molecule has 1 heterocycles. The predicted octanol–water partition coefficient (Wildman–Crippen LogP) is 3.33. The Morgan fingerprint density at radius 2 is 1.79 bits per heavy atom. The van der Waals surface area contributed by atoms with Crippen molar-refractivity contribution < 1.29 is 19.1 Å². The molecular formula is C21H30BrN3O4. The summed E-state index contributed by atoms with van der Waals surface area (Å²) in [6, 6.07) is 7.33. The van der Waals surface area contributed by atoms with Gasteiger partial charge in [0.2, 0.25) is 5.91 Å². The third-order valence-electron chi connectivity index (χ3n) is 4.64. The molecule has 1 fully saturated rings. The van der Waals surface area contributed by atoms with E-state index >= 15 is 0 Å². The van der Waals surface area contributed by atoms with Gasteiger partial charge in [-0.05, 0) is 67.6 Å². The summed E-state index contributed by atoms with van der Waals surface area (Å²) in [5, 5.41) is 5.60. The Morgan fingerprint density at radius 3 is 2.41 bits per heavy atom. The summed E-state index contributed by atoms with van der Waals surface area (Å²) in [6.45, 7) is 7.58. The lowest BCUT2D eigenvalue weighted by Gasteiger charge is -2.32. The summed E-state index contributed by atoms with van der Waals surface area (Å²) in [7, 11) is 0. The van der Waals surface area contributed by atoms with Crippen LogP contribution in [-0.2, 0) is 9.53 Å². The molecule has 8 heteroatoms. The van der Waals surface area contributed by atoms with E-state index in [0.29, 0.717) is 31.1 Å². The highest BCUT2D eigenvalue weighted by Crippen LogP contribution is 2.19. The number of benzene rings is 1. The number of halogens is 1. The normalized spacial score (nSPS) is 15.0. The Kier molecular flexibility index (Phi) is 8.49. The molecule has 1 aliphatic heterocycles. The molecule has 0 radical (unpaired) electrons. The topological polar surface area (TPSA) is 87.7 Å². The SMILES string of the molecule is CC(C)(C)OC(=O)NCCC(=O)N1CCC(CNC(=O)c2ccccc2Br)CC1. The quantitative estimate of drug-likeness (QED) is 0.671. The van der Waals surface area contributed by atoms with Crippen LogP contribution < -0.4 is 10.6 Å². The zero-order valence-corrected chi connectivity index (χ0v) is 18.9. The second kappa shape index (κ2) is 10.6. The molecule has 7 nitrogen and oxygen atoms in total. The van der Waals surface area contributed by atoms with Crippen molar-refractivity contribution in [3.8, 4) is 0 Å². The molecule has 0 unspecified atom stereocenters. The van der Waals surface area contributed by atoms with Crippen LogP contribution in [-0.4, -0.2) is 54.6 Å². The van der Waals surface area contributed by atoms with Crippen LogP contribution in [0.2, 0.25) is 0 Å². The fourth-order valence-corrected chi connectivity index (χ4v) is 3.57. The Hall–Kier alpha value is -2.09. The number of ether oxygens (including phenoxy) is 1. The first-order chi connectivity index (χ1) is 13.7. The lowest BCUT2D eigenvalue weighted by Crippen LogP contribution is -2.42. The van der Waals surface area contributed by atoms with E-state index in [9.17, 15) is 14.4 Å². The van der Waals surface area contributed by atoms with Crippen molar-refractivity contribution in [3.63, 3.8) is 0 Å². The monoisotopic (exact) mass is 467 g/mol. The van der Waals surface area contributed by atoms with Crippen molar-refractivity contribution in [3.05, 3.63) is 34.3 Å². The van der Waals surface area contributed by atoms with Crippen LogP contribution in [0.3, 0.4) is 0 Å². The number of hydrogen-bond donors (Lipinski definition) is 2. The highest BCUT2D eigenvalue weighted by molar-refractivity contribution is 9.10. The van der Waals surface area contributed by atoms with Crippen LogP contribution in [0.25, 0.3) is 0 Å². The van der Waals surface area contributed by atoms with Gasteiger partial charge < -0.3 is 20.3 Å². The largest absolute Gasteiger partial charge is 0.444 e. The molecule has 0 spiro atoms. The van der Waals surface area contributed by atoms with Gasteiger partial charge in [-0.15, -0.1) is 0 Å². The highest BCUT2D eigenvalue weighted by atomic mass is 79.9. The van der Waals surface area contributed by atoms with Crippen molar-refractivity contribution in [1.29, 1.82) is 0 Å². The molecular weight excluding hydrogens is 438 g/mol. The zero-order chi connectivity index (χ0) is 21.4. The van der Waals surface area contributed by atoms with E-state index in [4.69, 9.17) is 4.74 Å². The summed E-state index contributed by atoms with van der Waals surface area (Å²) in [5.74, 6) is 0.284. The summed E-state index contributed by atoms with van der Waals surface area (Å²) >= 11 is 3.39. The number of nitrogens with one attached hydrogen (secondary N) is 2. The van der Waals surface area contributed by atoms with Gasteiger partial charge >= 0.3 is 6.09 Å². The van der Waals surface area contributed by atoms with Gasteiger partial charge in [0.25, 0.3) is 5.91 Å². The van der Waals surface area contributed by atoms with E-state index < -0.39 is 11.7 Å². The maximum atomic E-state index is 12.3. The highest BCUT2D eigenvalue weighted by Gasteiger charge is 2.23. The molecule has 3 amide bonds. The average Bonchev–Trinajstić information content (AvgIpc) is 2.65. The lowest BCUT2D eigenvalue weighted by atomic mass is 9.96. The van der Waals surface area contributed by atoms with E-state index in [1.807, 2.05) is 23.1 Å². The van der Waals surface area contributed by atoms with Gasteiger partial charge in [0, 0.05) is 37.1 Å². The van der Waals surface area contributed by atoms with Gasteiger partial charge in [-0.2, -0.15) is 0 Å². The summed E-state index contributed by atoms with van der Waals surface area (Å²) in [5.41, 5.74) is 0.0692. The Labute approximate surface area is 180 Å². The molecule has 2 N–H and O–H groups in total. The van der Waals surface area contributed by atoms with Crippen molar-refractivity contribution in [1.82, 2.24) is 15.5 Å². The number of hydrogen-bond acceptors (Lipinski definition) is 4. The third-order valence-corrected chi connectivity index (χ3v) is 5.34. The lowest BCUT2D eigenvalue weighted by molar-refractivity contribution is -0.132. The summed E-state index contributed by atoms with van der Waals surface area (Å²) in [6.07, 6.45) is 1.44. The first-order valence-corrected chi connectivity index (χ1v) is 10.7. The first kappa shape index (κ1) is 23.2. The second-order valence-corrected chi connectivity index (χ2v) is 9.05. The fraction of sp³-hybridized carbons (Fsp3) is 0.571. The van der Waals surface area contributed by atoms with Crippen LogP contribution in [0.1, 0.15) is 50.4 Å². The van der Waals surface area contributed by atoms with Crippen LogP contribution >= 0.6 is 15.9 Å². The molecule has 0 saturated carbocycles. The van der Waals surface area contributed by atoms with Crippen LogP contribution in [0.5, 0.6) is 0 Å². The van der Waals surface area contributed by atoms with Gasteiger partial charge in [-0.3, -0.25) is 9.59 Å². The number of nitrogens with zero attached hydrogens (tertiary/aromatic N) is 1. The number of likely N-dealkylation sites (tertiary alicyclic amines) is 1. The average molecular weight is 468 g/mol. The van der Waals surface area contributed by atoms with Crippen molar-refractivity contribution in [2.75, 3.05) is 26.2 Å². The van der Waals surface area contributed by atoms with Gasteiger partial charge in [0.05, 0.1) is 5.56 Å². The maximum Gasteiger partial charge on any atom is 0.407 e. The Bertz CT molecular complexity index is 725. The number of carbonyl (C=O) groups is 3. The van der Waals surface area contributed by atoms with E-state index in [2.05, 4.69) is 26.6 Å². The molecule has 0 bridgehead atoms. The molecule has 0 aromatic heterocycles. The Balaban J connectivity index is 1.65. The minimum atomic E-state index is -0.554. The molecule has 1 aromatic rings. The van der Waals surface area contributed by atoms with Gasteiger partial charge in [0.1, 0.15) is 5.60 Å². The standard InChI is InChI=1S/C21H30BrN3O4/c1-21(2,3)29-20(28)23-11-8-18(26)25-12-9-15(10-13-25)14-24-19(27)16-6-4-5-7-17(16)22/h4-7,15H,8-14H2,1-3H3,(H,23,28)(H,24,27). The molecule has 2 rings (SSSR count). The second-order valence-electron chi connectivity index (χ2n) is 8.19. The van der Waals surface area contributed by atoms with Gasteiger partial charge in [0.15, 0.2) is 0 Å². The molecule has 29 heavy (non-hydrogen) atoms. The third kappa shape index (κ3) is 8.04. The maximum absolute atomic E-state index is 12.3. The zero-order valence-electron chi connectivity index (χ0n) is 17.3. The van der Waals surface area contributed by atoms with Crippen molar-refractivity contribution >= 4 is 33.8 Å². The molecule has 160 valence electrons. The summed E-state index contributed by atoms with van der Waals surface area (Å²) in [4.78, 5) is 38.0. The van der Waals surface area contributed by atoms with Crippen LogP contribution in [0.15, 0.2) is 28.7 Å². The van der Waals surface area contributed by atoms with Crippen LogP contribution in [0.4, 0.5) is 4.79 Å². The number of carbonyl (C=O) groups excluding carboxylic acids is 3. The smallest absolute Gasteiger partial charge is 0.407 e.